The van der Waals surface area contributed by atoms with Crippen molar-refractivity contribution in [2.24, 2.45) is 10.2 Å². The molecule has 0 aliphatic carbocycles. The molecule has 1 saturated heterocycles. The number of aromatic amines is 1. The van der Waals surface area contributed by atoms with Gasteiger partial charge in [-0.15, -0.1) is 10.2 Å². The molecule has 1 aliphatic heterocycles. The van der Waals surface area contributed by atoms with Gasteiger partial charge in [-0.25, -0.2) is 4.68 Å². The van der Waals surface area contributed by atoms with Gasteiger partial charge in [0.05, 0.1) is 17.4 Å². The fourth-order valence-electron chi connectivity index (χ4n) is 2.78. The van der Waals surface area contributed by atoms with Gasteiger partial charge in [-0.05, 0) is 51.1 Å². The summed E-state index contributed by atoms with van der Waals surface area (Å²) in [4.78, 5) is 14.8. The van der Waals surface area contributed by atoms with Crippen molar-refractivity contribution in [1.29, 1.82) is 0 Å². The van der Waals surface area contributed by atoms with Crippen LogP contribution in [0.4, 0.5) is 11.4 Å². The maximum absolute atomic E-state index is 12.5. The topological polar surface area (TPSA) is 65.8 Å². The average molecular weight is 368 g/mol. The lowest BCUT2D eigenvalue weighted by molar-refractivity contribution is 0.171. The molecule has 0 amide bonds. The van der Waals surface area contributed by atoms with Crippen molar-refractivity contribution in [1.82, 2.24) is 14.7 Å². The number of hydrogen-bond donors (Lipinski definition) is 1. The quantitative estimate of drug-likeness (QED) is 0.799. The van der Waals surface area contributed by atoms with Gasteiger partial charge >= 0.3 is 0 Å². The SMILES string of the molecule is Cc1[nH]n(CN2CCCCC2)c(=O)c1N=Nc1ccc(Cl)cc1Cl. The zero-order valence-corrected chi connectivity index (χ0v) is 14.9. The van der Waals surface area contributed by atoms with Gasteiger partial charge in [0.1, 0.15) is 5.69 Å². The van der Waals surface area contributed by atoms with Crippen LogP contribution in [0.25, 0.3) is 0 Å². The number of nitrogens with one attached hydrogen (secondary N) is 1. The van der Waals surface area contributed by atoms with Crippen molar-refractivity contribution in [2.45, 2.75) is 32.9 Å². The minimum atomic E-state index is -0.174. The molecule has 1 aliphatic rings. The maximum atomic E-state index is 12.5. The Morgan fingerprint density at radius 3 is 2.62 bits per heavy atom. The average Bonchev–Trinajstić information content (AvgIpc) is 2.82. The normalized spacial score (nSPS) is 16.1. The monoisotopic (exact) mass is 367 g/mol. The summed E-state index contributed by atoms with van der Waals surface area (Å²) in [7, 11) is 0. The fraction of sp³-hybridized carbons (Fsp3) is 0.438. The lowest BCUT2D eigenvalue weighted by Gasteiger charge is -2.25. The smallest absolute Gasteiger partial charge is 0.295 e. The molecule has 0 spiro atoms. The van der Waals surface area contributed by atoms with Crippen molar-refractivity contribution < 1.29 is 0 Å². The number of likely N-dealkylation sites (tertiary alicyclic amines) is 1. The third kappa shape index (κ3) is 3.88. The molecule has 128 valence electrons. The van der Waals surface area contributed by atoms with Crippen LogP contribution in [-0.2, 0) is 6.67 Å². The van der Waals surface area contributed by atoms with E-state index >= 15 is 0 Å². The number of hydrogen-bond acceptors (Lipinski definition) is 4. The van der Waals surface area contributed by atoms with E-state index in [0.29, 0.717) is 33.8 Å². The molecule has 0 unspecified atom stereocenters. The van der Waals surface area contributed by atoms with Crippen LogP contribution >= 0.6 is 23.2 Å². The third-order valence-corrected chi connectivity index (χ3v) is 4.60. The first-order valence-corrected chi connectivity index (χ1v) is 8.69. The highest BCUT2D eigenvalue weighted by atomic mass is 35.5. The molecule has 0 saturated carbocycles. The number of azo groups is 1. The van der Waals surface area contributed by atoms with Gasteiger partial charge in [-0.2, -0.15) is 0 Å². The molecule has 0 bridgehead atoms. The molecule has 2 aromatic rings. The van der Waals surface area contributed by atoms with E-state index in [4.69, 9.17) is 23.2 Å². The number of aromatic nitrogens is 2. The van der Waals surface area contributed by atoms with Crippen LogP contribution in [0.5, 0.6) is 0 Å². The van der Waals surface area contributed by atoms with Gasteiger partial charge in [0, 0.05) is 5.02 Å². The minimum Gasteiger partial charge on any atom is -0.296 e. The second-order valence-electron chi connectivity index (χ2n) is 5.93. The number of H-pyrrole nitrogens is 1. The van der Waals surface area contributed by atoms with Gasteiger partial charge in [0.2, 0.25) is 0 Å². The summed E-state index contributed by atoms with van der Waals surface area (Å²) >= 11 is 11.9. The van der Waals surface area contributed by atoms with E-state index in [9.17, 15) is 4.79 Å². The number of benzene rings is 1. The van der Waals surface area contributed by atoms with Crippen LogP contribution < -0.4 is 5.56 Å². The minimum absolute atomic E-state index is 0.174. The molecular weight excluding hydrogens is 349 g/mol. The van der Waals surface area contributed by atoms with E-state index < -0.39 is 0 Å². The molecule has 1 aromatic carbocycles. The van der Waals surface area contributed by atoms with Crippen molar-refractivity contribution >= 4 is 34.6 Å². The molecule has 24 heavy (non-hydrogen) atoms. The predicted molar refractivity (Wildman–Crippen MR) is 95.9 cm³/mol. The van der Waals surface area contributed by atoms with Crippen molar-refractivity contribution in [3.63, 3.8) is 0 Å². The van der Waals surface area contributed by atoms with Crippen LogP contribution in [0.3, 0.4) is 0 Å². The predicted octanol–water partition coefficient (Wildman–Crippen LogP) is 4.65. The number of aryl methyl sites for hydroxylation is 1. The van der Waals surface area contributed by atoms with Crippen LogP contribution in [0, 0.1) is 6.92 Å². The first-order valence-electron chi connectivity index (χ1n) is 7.93. The first kappa shape index (κ1) is 17.2. The van der Waals surface area contributed by atoms with E-state index in [-0.39, 0.29) is 5.56 Å². The van der Waals surface area contributed by atoms with Crippen LogP contribution in [0.15, 0.2) is 33.2 Å². The lowest BCUT2D eigenvalue weighted by Crippen LogP contribution is -2.35. The molecule has 1 N–H and O–H groups in total. The van der Waals surface area contributed by atoms with Gasteiger partial charge < -0.3 is 0 Å². The molecule has 0 atom stereocenters. The van der Waals surface area contributed by atoms with E-state index in [1.807, 2.05) is 6.92 Å². The highest BCUT2D eigenvalue weighted by Gasteiger charge is 2.15. The summed E-state index contributed by atoms with van der Waals surface area (Å²) in [5.74, 6) is 0. The number of rotatable bonds is 4. The first-order chi connectivity index (χ1) is 11.5. The Kier molecular flexibility index (Phi) is 5.38. The summed E-state index contributed by atoms with van der Waals surface area (Å²) in [5.41, 5.74) is 1.29. The van der Waals surface area contributed by atoms with Crippen molar-refractivity contribution in [2.75, 3.05) is 13.1 Å². The summed E-state index contributed by atoms with van der Waals surface area (Å²) < 4.78 is 1.58. The Morgan fingerprint density at radius 1 is 1.17 bits per heavy atom. The van der Waals surface area contributed by atoms with E-state index in [2.05, 4.69) is 20.2 Å². The zero-order chi connectivity index (χ0) is 17.1. The van der Waals surface area contributed by atoms with Crippen LogP contribution in [0.1, 0.15) is 25.0 Å². The Bertz CT molecular complexity index is 805. The Hall–Kier alpha value is -1.63. The third-order valence-electron chi connectivity index (χ3n) is 4.06. The molecule has 1 fully saturated rings. The maximum Gasteiger partial charge on any atom is 0.295 e. The lowest BCUT2D eigenvalue weighted by atomic mass is 10.1. The summed E-state index contributed by atoms with van der Waals surface area (Å²) in [5, 5.41) is 12.2. The Balaban J connectivity index is 1.81. The van der Waals surface area contributed by atoms with E-state index in [1.165, 1.54) is 19.3 Å². The molecule has 6 nitrogen and oxygen atoms in total. The van der Waals surface area contributed by atoms with Crippen LogP contribution in [-0.4, -0.2) is 27.8 Å². The number of halogens is 2. The van der Waals surface area contributed by atoms with Gasteiger partial charge in [0.15, 0.2) is 5.69 Å². The highest BCUT2D eigenvalue weighted by Crippen LogP contribution is 2.29. The largest absolute Gasteiger partial charge is 0.296 e. The molecule has 2 heterocycles. The standard InChI is InChI=1S/C16H19Cl2N5O/c1-11-15(20-19-14-6-5-12(17)9-13(14)18)16(24)23(21-11)10-22-7-3-2-4-8-22/h5-6,9,21H,2-4,7-8,10H2,1H3. The molecule has 3 rings (SSSR count). The summed E-state index contributed by atoms with van der Waals surface area (Å²) in [6.07, 6.45) is 3.61. The molecule has 1 aromatic heterocycles. The molecular formula is C16H19Cl2N5O. The Labute approximate surface area is 150 Å². The molecule has 0 radical (unpaired) electrons. The van der Waals surface area contributed by atoms with E-state index in [1.54, 1.807) is 22.9 Å². The van der Waals surface area contributed by atoms with Gasteiger partial charge in [-0.1, -0.05) is 29.6 Å². The van der Waals surface area contributed by atoms with Crippen molar-refractivity contribution in [3.8, 4) is 0 Å². The number of nitrogens with zero attached hydrogens (tertiary/aromatic N) is 4. The van der Waals surface area contributed by atoms with Crippen molar-refractivity contribution in [3.05, 3.63) is 44.3 Å². The second kappa shape index (κ2) is 7.51. The van der Waals surface area contributed by atoms with Gasteiger partial charge in [-0.3, -0.25) is 14.8 Å². The zero-order valence-electron chi connectivity index (χ0n) is 13.4. The fourth-order valence-corrected chi connectivity index (χ4v) is 3.23. The van der Waals surface area contributed by atoms with Gasteiger partial charge in [0.25, 0.3) is 5.56 Å². The highest BCUT2D eigenvalue weighted by molar-refractivity contribution is 6.36. The summed E-state index contributed by atoms with van der Waals surface area (Å²) in [6.45, 7) is 4.40. The number of piperidine rings is 1. The second-order valence-corrected chi connectivity index (χ2v) is 6.78. The van der Waals surface area contributed by atoms with E-state index in [0.717, 1.165) is 13.1 Å². The molecule has 8 heteroatoms. The Morgan fingerprint density at radius 2 is 1.92 bits per heavy atom. The summed E-state index contributed by atoms with van der Waals surface area (Å²) in [6, 6.07) is 4.94. The van der Waals surface area contributed by atoms with Crippen LogP contribution in [0.2, 0.25) is 10.0 Å².